The summed E-state index contributed by atoms with van der Waals surface area (Å²) in [4.78, 5) is 42.7. The van der Waals surface area contributed by atoms with Crippen molar-refractivity contribution >= 4 is 18.2 Å². The topological polar surface area (TPSA) is 201 Å². The van der Waals surface area contributed by atoms with Gasteiger partial charge in [0.25, 0.3) is 0 Å². The van der Waals surface area contributed by atoms with Gasteiger partial charge in [-0.3, -0.25) is 9.59 Å². The van der Waals surface area contributed by atoms with Crippen LogP contribution in [0, 0.1) is 11.8 Å². The van der Waals surface area contributed by atoms with Gasteiger partial charge in [-0.05, 0) is 93.9 Å². The minimum absolute atomic E-state index is 0.0293. The SMILES string of the molecule is COC1[C@@H](O[C@@H]2O[C@H](C)[C@@H](O[C@H]3C[C@@](C)(O)[C@@H](O)[C@H](C)O3)[C@H](N(C)C)[C@H]2O)[C@@H](CC=O)C[C@@H](C)[C@@H](O[C@H]2CC[C@H](N(C)C)[C@@H](C)O2)/C=C/C=C/C[C@@H](C)OC(=O)C[C@H]1OC(C)=O. The molecular formula is C45H76N2O15. The van der Waals surface area contributed by atoms with Crippen LogP contribution in [-0.2, 0) is 57.0 Å². The van der Waals surface area contributed by atoms with Crippen molar-refractivity contribution in [2.45, 2.75) is 197 Å². The van der Waals surface area contributed by atoms with Crippen LogP contribution in [0.5, 0.6) is 0 Å². The second kappa shape index (κ2) is 23.7. The number of nitrogens with zero attached hydrogens (tertiary/aromatic N) is 2. The number of ether oxygens (including phenoxy) is 9. The van der Waals surface area contributed by atoms with Crippen molar-refractivity contribution in [3.8, 4) is 0 Å². The van der Waals surface area contributed by atoms with E-state index in [-0.39, 0.29) is 37.3 Å². The van der Waals surface area contributed by atoms with Crippen molar-refractivity contribution in [2.24, 2.45) is 11.8 Å². The van der Waals surface area contributed by atoms with Crippen LogP contribution in [0.2, 0.25) is 0 Å². The average Bonchev–Trinajstić information content (AvgIpc) is 3.16. The average molecular weight is 885 g/mol. The van der Waals surface area contributed by atoms with E-state index in [1.54, 1.807) is 39.8 Å². The Labute approximate surface area is 368 Å². The molecule has 0 spiro atoms. The number of aldehydes is 1. The number of aliphatic hydroxyl groups is 3. The fourth-order valence-electron chi connectivity index (χ4n) is 9.40. The van der Waals surface area contributed by atoms with Crippen LogP contribution in [0.15, 0.2) is 24.3 Å². The Bertz CT molecular complexity index is 1480. The molecule has 0 aromatic heterocycles. The third-order valence-electron chi connectivity index (χ3n) is 12.7. The number of cyclic esters (lactones) is 1. The molecule has 3 saturated heterocycles. The van der Waals surface area contributed by atoms with E-state index in [0.29, 0.717) is 19.3 Å². The quantitative estimate of drug-likeness (QED) is 0.191. The van der Waals surface area contributed by atoms with E-state index in [4.69, 9.17) is 42.6 Å². The number of aliphatic hydroxyl groups excluding tert-OH is 2. The zero-order chi connectivity index (χ0) is 46.1. The van der Waals surface area contributed by atoms with Gasteiger partial charge in [0.05, 0.1) is 48.6 Å². The van der Waals surface area contributed by atoms with Crippen LogP contribution in [-0.4, -0.2) is 182 Å². The lowest BCUT2D eigenvalue weighted by Gasteiger charge is -2.50. The number of hydrogen-bond donors (Lipinski definition) is 3. The van der Waals surface area contributed by atoms with Crippen molar-refractivity contribution in [2.75, 3.05) is 35.3 Å². The van der Waals surface area contributed by atoms with Gasteiger partial charge in [0.15, 0.2) is 18.9 Å². The molecule has 0 amide bonds. The Kier molecular flexibility index (Phi) is 20.0. The molecule has 0 aromatic rings. The molecule has 62 heavy (non-hydrogen) atoms. The van der Waals surface area contributed by atoms with E-state index < -0.39 is 109 Å². The second-order valence-corrected chi connectivity index (χ2v) is 18.4. The summed E-state index contributed by atoms with van der Waals surface area (Å²) < 4.78 is 56.3. The molecule has 4 heterocycles. The Balaban J connectivity index is 1.73. The summed E-state index contributed by atoms with van der Waals surface area (Å²) in [5.74, 6) is -2.21. The van der Waals surface area contributed by atoms with Crippen LogP contribution in [0.4, 0.5) is 0 Å². The van der Waals surface area contributed by atoms with Crippen LogP contribution in [0.3, 0.4) is 0 Å². The number of esters is 2. The van der Waals surface area contributed by atoms with Crippen LogP contribution < -0.4 is 0 Å². The Morgan fingerprint density at radius 1 is 0.903 bits per heavy atom. The predicted octanol–water partition coefficient (Wildman–Crippen LogP) is 2.90. The Hall–Kier alpha value is -2.39. The molecule has 0 bridgehead atoms. The lowest BCUT2D eigenvalue weighted by Crippen LogP contribution is -2.65. The predicted molar refractivity (Wildman–Crippen MR) is 226 cm³/mol. The molecule has 0 aromatic carbocycles. The van der Waals surface area contributed by atoms with Gasteiger partial charge in [-0.2, -0.15) is 0 Å². The molecule has 19 atom stereocenters. The van der Waals surface area contributed by atoms with Gasteiger partial charge >= 0.3 is 11.9 Å². The number of likely N-dealkylation sites (N-methyl/N-ethyl adjacent to an activating group) is 2. The van der Waals surface area contributed by atoms with E-state index in [0.717, 1.165) is 12.7 Å². The summed E-state index contributed by atoms with van der Waals surface area (Å²) in [7, 11) is 9.02. The van der Waals surface area contributed by atoms with E-state index in [1.165, 1.54) is 21.0 Å². The van der Waals surface area contributed by atoms with E-state index >= 15 is 0 Å². The summed E-state index contributed by atoms with van der Waals surface area (Å²) in [6.45, 7) is 12.0. The molecule has 356 valence electrons. The molecule has 17 nitrogen and oxygen atoms in total. The van der Waals surface area contributed by atoms with Gasteiger partial charge in [-0.15, -0.1) is 0 Å². The minimum Gasteiger partial charge on any atom is -0.462 e. The van der Waals surface area contributed by atoms with E-state index in [9.17, 15) is 29.7 Å². The highest BCUT2D eigenvalue weighted by molar-refractivity contribution is 5.72. The first-order chi connectivity index (χ1) is 29.2. The van der Waals surface area contributed by atoms with E-state index in [2.05, 4.69) is 4.90 Å². The molecule has 4 rings (SSSR count). The summed E-state index contributed by atoms with van der Waals surface area (Å²) in [6.07, 6.45) is -1.81. The molecule has 4 aliphatic rings. The Morgan fingerprint density at radius 2 is 1.60 bits per heavy atom. The molecule has 3 fully saturated rings. The maximum Gasteiger partial charge on any atom is 0.309 e. The van der Waals surface area contributed by atoms with Crippen LogP contribution in [0.1, 0.15) is 93.4 Å². The van der Waals surface area contributed by atoms with E-state index in [1.807, 2.05) is 52.2 Å². The number of rotatable bonds is 12. The number of methoxy groups -OCH3 is 1. The van der Waals surface area contributed by atoms with Gasteiger partial charge in [-0.25, -0.2) is 0 Å². The first-order valence-electron chi connectivity index (χ1n) is 22.2. The molecule has 17 heteroatoms. The zero-order valence-corrected chi connectivity index (χ0v) is 38.9. The minimum atomic E-state index is -1.49. The summed E-state index contributed by atoms with van der Waals surface area (Å²) in [6, 6.07) is -0.509. The normalized spacial score (nSPS) is 44.0. The van der Waals surface area contributed by atoms with Crippen LogP contribution >= 0.6 is 0 Å². The molecular weight excluding hydrogens is 808 g/mol. The Morgan fingerprint density at radius 3 is 2.19 bits per heavy atom. The van der Waals surface area contributed by atoms with Gasteiger partial charge in [0.1, 0.15) is 42.9 Å². The molecule has 0 saturated carbocycles. The van der Waals surface area contributed by atoms with Crippen molar-refractivity contribution in [1.82, 2.24) is 9.80 Å². The third-order valence-corrected chi connectivity index (χ3v) is 12.7. The smallest absolute Gasteiger partial charge is 0.309 e. The molecule has 4 aliphatic heterocycles. The monoisotopic (exact) mass is 885 g/mol. The number of hydrogen-bond acceptors (Lipinski definition) is 17. The number of carbonyl (C=O) groups is 3. The standard InChI is InChI=1S/C45H76N2O15/c1-25-22-31(20-21-48)41(62-44-39(51)38(47(10)11)40(28(4)58-44)61-37-24-45(7,53)43(52)29(5)57-37)42(54-12)34(59-30(6)49)23-35(50)55-26(2)16-14-13-15-17-33(25)60-36-19-18-32(46(8)9)27(3)56-36/h13-15,17,21,25-29,31-34,36-44,51-53H,16,18-20,22-24H2,1-12H3/b14-13+,17-15+/t25-,26-,27-,28-,29+,31+,32+,33+,34-,36+,37+,38-,39-,40-,41+,42?,43+,44+,45-/m1/s1. The molecule has 0 radical (unpaired) electrons. The zero-order valence-electron chi connectivity index (χ0n) is 38.9. The first-order valence-corrected chi connectivity index (χ1v) is 22.2. The number of carbonyl (C=O) groups excluding carboxylic acids is 3. The lowest BCUT2D eigenvalue weighted by atomic mass is 9.82. The largest absolute Gasteiger partial charge is 0.462 e. The highest BCUT2D eigenvalue weighted by Crippen LogP contribution is 2.38. The van der Waals surface area contributed by atoms with Gasteiger partial charge in [0, 0.05) is 39.3 Å². The highest BCUT2D eigenvalue weighted by atomic mass is 16.7. The molecule has 3 N–H and O–H groups in total. The molecule has 1 unspecified atom stereocenters. The third kappa shape index (κ3) is 14.1. The second-order valence-electron chi connectivity index (χ2n) is 18.4. The van der Waals surface area contributed by atoms with Crippen molar-refractivity contribution < 1.29 is 72.3 Å². The summed E-state index contributed by atoms with van der Waals surface area (Å²) >= 11 is 0. The highest BCUT2D eigenvalue weighted by Gasteiger charge is 2.52. The van der Waals surface area contributed by atoms with Crippen LogP contribution in [0.25, 0.3) is 0 Å². The fourth-order valence-corrected chi connectivity index (χ4v) is 9.40. The maximum absolute atomic E-state index is 13.4. The van der Waals surface area contributed by atoms with Gasteiger partial charge in [0.2, 0.25) is 0 Å². The summed E-state index contributed by atoms with van der Waals surface area (Å²) in [5.41, 5.74) is -1.49. The maximum atomic E-state index is 13.4. The fraction of sp³-hybridized carbons (Fsp3) is 0.844. The van der Waals surface area contributed by atoms with Gasteiger partial charge < -0.3 is 72.5 Å². The number of allylic oxidation sites excluding steroid dienone is 2. The van der Waals surface area contributed by atoms with Crippen molar-refractivity contribution in [1.29, 1.82) is 0 Å². The van der Waals surface area contributed by atoms with Gasteiger partial charge in [-0.1, -0.05) is 31.2 Å². The lowest BCUT2D eigenvalue weighted by molar-refractivity contribution is -0.344. The molecule has 0 aliphatic carbocycles. The van der Waals surface area contributed by atoms with Crippen molar-refractivity contribution in [3.63, 3.8) is 0 Å². The first kappa shape index (κ1) is 52.2. The summed E-state index contributed by atoms with van der Waals surface area (Å²) in [5, 5.41) is 33.6. The van der Waals surface area contributed by atoms with Crippen molar-refractivity contribution in [3.05, 3.63) is 24.3 Å².